The smallest absolute Gasteiger partial charge is 0.100 e. The number of halogens is 1. The zero-order valence-corrected chi connectivity index (χ0v) is 8.52. The molecule has 0 bridgehead atoms. The number of rotatable bonds is 2. The van der Waals surface area contributed by atoms with Crippen molar-refractivity contribution in [2.45, 2.75) is 13.8 Å². The number of anilines is 1. The Balaban J connectivity index is 2.65. The normalized spacial score (nSPS) is 10.2. The zero-order valence-electron chi connectivity index (χ0n) is 7.76. The highest BCUT2D eigenvalue weighted by atomic mass is 35.5. The van der Waals surface area contributed by atoms with Gasteiger partial charge in [0.15, 0.2) is 0 Å². The fraction of sp³-hybridized carbons (Fsp3) is 0.300. The first-order valence-corrected chi connectivity index (χ1v) is 4.58. The monoisotopic (exact) mass is 196 g/mol. The molecule has 2 N–H and O–H groups in total. The van der Waals surface area contributed by atoms with Crippen molar-refractivity contribution in [2.75, 3.05) is 5.32 Å². The lowest BCUT2D eigenvalue weighted by molar-refractivity contribution is 0.873. The van der Waals surface area contributed by atoms with Crippen LogP contribution in [0, 0.1) is 11.3 Å². The average Bonchev–Trinajstić information content (AvgIpc) is 2.08. The van der Waals surface area contributed by atoms with Crippen molar-refractivity contribution in [3.8, 4) is 0 Å². The number of nitrogens with one attached hydrogen (secondary N) is 2. The van der Waals surface area contributed by atoms with Gasteiger partial charge in [0.1, 0.15) is 5.84 Å². The molecule has 3 heteroatoms. The predicted octanol–water partition coefficient (Wildman–Crippen LogP) is 3.39. The van der Waals surface area contributed by atoms with Crippen LogP contribution in [0.5, 0.6) is 0 Å². The first kappa shape index (κ1) is 10.1. The highest BCUT2D eigenvalue weighted by Gasteiger charge is 2.01. The Bertz CT molecular complexity index is 290. The average molecular weight is 197 g/mol. The van der Waals surface area contributed by atoms with Crippen LogP contribution in [-0.2, 0) is 0 Å². The molecule has 0 atom stereocenters. The molecule has 0 saturated heterocycles. The third-order valence-electron chi connectivity index (χ3n) is 1.70. The number of hydrogen-bond donors (Lipinski definition) is 2. The summed E-state index contributed by atoms with van der Waals surface area (Å²) in [5.74, 6) is 0.734. The summed E-state index contributed by atoms with van der Waals surface area (Å²) < 4.78 is 0. The van der Waals surface area contributed by atoms with Crippen LogP contribution in [0.4, 0.5) is 5.69 Å². The summed E-state index contributed by atoms with van der Waals surface area (Å²) in [6.45, 7) is 3.95. The molecule has 0 aromatic heterocycles. The zero-order chi connectivity index (χ0) is 9.84. The quantitative estimate of drug-likeness (QED) is 0.552. The molecule has 0 aliphatic rings. The van der Waals surface area contributed by atoms with Crippen molar-refractivity contribution < 1.29 is 0 Å². The van der Waals surface area contributed by atoms with E-state index in [0.717, 1.165) is 5.69 Å². The van der Waals surface area contributed by atoms with Gasteiger partial charge in [-0.3, -0.25) is 5.41 Å². The third-order valence-corrected chi connectivity index (χ3v) is 1.95. The summed E-state index contributed by atoms with van der Waals surface area (Å²) in [4.78, 5) is 0. The summed E-state index contributed by atoms with van der Waals surface area (Å²) in [6, 6.07) is 7.33. The molecule has 0 fully saturated rings. The van der Waals surface area contributed by atoms with Crippen molar-refractivity contribution in [2.24, 2.45) is 5.92 Å². The minimum Gasteiger partial charge on any atom is -0.344 e. The van der Waals surface area contributed by atoms with Gasteiger partial charge in [-0.25, -0.2) is 0 Å². The van der Waals surface area contributed by atoms with Gasteiger partial charge in [0.05, 0.1) is 0 Å². The minimum absolute atomic E-state index is 0.218. The van der Waals surface area contributed by atoms with Crippen LogP contribution >= 0.6 is 11.6 Å². The predicted molar refractivity (Wildman–Crippen MR) is 57.6 cm³/mol. The van der Waals surface area contributed by atoms with E-state index < -0.39 is 0 Å². The van der Waals surface area contributed by atoms with Crippen LogP contribution in [0.3, 0.4) is 0 Å². The van der Waals surface area contributed by atoms with Crippen LogP contribution in [0.2, 0.25) is 5.02 Å². The van der Waals surface area contributed by atoms with Gasteiger partial charge in [-0.2, -0.15) is 0 Å². The van der Waals surface area contributed by atoms with Crippen LogP contribution in [0.15, 0.2) is 24.3 Å². The van der Waals surface area contributed by atoms with E-state index in [0.29, 0.717) is 10.9 Å². The number of hydrogen-bond acceptors (Lipinski definition) is 1. The summed E-state index contributed by atoms with van der Waals surface area (Å²) in [6.07, 6.45) is 0. The number of amidine groups is 1. The highest BCUT2D eigenvalue weighted by Crippen LogP contribution is 2.14. The van der Waals surface area contributed by atoms with Crippen LogP contribution < -0.4 is 5.32 Å². The van der Waals surface area contributed by atoms with Gasteiger partial charge in [0, 0.05) is 16.6 Å². The van der Waals surface area contributed by atoms with E-state index in [2.05, 4.69) is 5.32 Å². The molecule has 0 amide bonds. The second-order valence-corrected chi connectivity index (χ2v) is 3.64. The lowest BCUT2D eigenvalue weighted by Crippen LogP contribution is -2.16. The highest BCUT2D eigenvalue weighted by molar-refractivity contribution is 6.30. The lowest BCUT2D eigenvalue weighted by Gasteiger charge is -2.10. The molecule has 2 nitrogen and oxygen atoms in total. The van der Waals surface area contributed by atoms with Crippen LogP contribution in [0.1, 0.15) is 13.8 Å². The molecule has 70 valence electrons. The first-order valence-electron chi connectivity index (χ1n) is 4.20. The van der Waals surface area contributed by atoms with E-state index >= 15 is 0 Å². The molecule has 1 aromatic carbocycles. The van der Waals surface area contributed by atoms with E-state index in [1.54, 1.807) is 12.1 Å². The van der Waals surface area contributed by atoms with E-state index in [1.807, 2.05) is 26.0 Å². The second-order valence-electron chi connectivity index (χ2n) is 3.20. The van der Waals surface area contributed by atoms with Gasteiger partial charge in [0.25, 0.3) is 0 Å². The second kappa shape index (κ2) is 4.28. The number of benzene rings is 1. The lowest BCUT2D eigenvalue weighted by atomic mass is 10.2. The van der Waals surface area contributed by atoms with Gasteiger partial charge >= 0.3 is 0 Å². The molecular weight excluding hydrogens is 184 g/mol. The van der Waals surface area contributed by atoms with Crippen molar-refractivity contribution in [3.05, 3.63) is 29.3 Å². The molecule has 0 spiro atoms. The van der Waals surface area contributed by atoms with Crippen molar-refractivity contribution >= 4 is 23.1 Å². The summed E-state index contributed by atoms with van der Waals surface area (Å²) in [7, 11) is 0. The largest absolute Gasteiger partial charge is 0.344 e. The van der Waals surface area contributed by atoms with Gasteiger partial charge in [-0.05, 0) is 24.3 Å². The van der Waals surface area contributed by atoms with E-state index in [1.165, 1.54) is 0 Å². The molecule has 0 unspecified atom stereocenters. The Morgan fingerprint density at radius 3 is 2.31 bits per heavy atom. The molecule has 0 aliphatic heterocycles. The van der Waals surface area contributed by atoms with Crippen LogP contribution in [-0.4, -0.2) is 5.84 Å². The Morgan fingerprint density at radius 2 is 1.85 bits per heavy atom. The van der Waals surface area contributed by atoms with Crippen molar-refractivity contribution in [3.63, 3.8) is 0 Å². The SMILES string of the molecule is CC(C)C(=N)Nc1ccc(Cl)cc1. The Labute approximate surface area is 83.4 Å². The van der Waals surface area contributed by atoms with E-state index in [-0.39, 0.29) is 5.92 Å². The van der Waals surface area contributed by atoms with Gasteiger partial charge in [0.2, 0.25) is 0 Å². The first-order chi connectivity index (χ1) is 6.09. The Kier molecular flexibility index (Phi) is 3.32. The summed E-state index contributed by atoms with van der Waals surface area (Å²) in [5, 5.41) is 11.3. The summed E-state index contributed by atoms with van der Waals surface area (Å²) >= 11 is 5.73. The van der Waals surface area contributed by atoms with E-state index in [9.17, 15) is 0 Å². The molecule has 0 aliphatic carbocycles. The maximum absolute atomic E-state index is 7.59. The van der Waals surface area contributed by atoms with Crippen LogP contribution in [0.25, 0.3) is 0 Å². The molecule has 0 radical (unpaired) electrons. The minimum atomic E-state index is 0.218. The topological polar surface area (TPSA) is 35.9 Å². The molecular formula is C10H13ClN2. The van der Waals surface area contributed by atoms with Gasteiger partial charge in [-0.1, -0.05) is 25.4 Å². The molecule has 1 aromatic rings. The molecule has 0 saturated carbocycles. The van der Waals surface area contributed by atoms with Gasteiger partial charge in [-0.15, -0.1) is 0 Å². The third kappa shape index (κ3) is 3.07. The standard InChI is InChI=1S/C10H13ClN2/c1-7(2)10(12)13-9-5-3-8(11)4-6-9/h3-7H,1-2H3,(H2,12,13). The molecule has 13 heavy (non-hydrogen) atoms. The maximum atomic E-state index is 7.59. The maximum Gasteiger partial charge on any atom is 0.100 e. The Hall–Kier alpha value is -1.02. The van der Waals surface area contributed by atoms with E-state index in [4.69, 9.17) is 17.0 Å². The Morgan fingerprint density at radius 1 is 1.31 bits per heavy atom. The summed E-state index contributed by atoms with van der Waals surface area (Å²) in [5.41, 5.74) is 0.906. The van der Waals surface area contributed by atoms with Crippen molar-refractivity contribution in [1.82, 2.24) is 0 Å². The fourth-order valence-corrected chi connectivity index (χ4v) is 0.959. The molecule has 0 heterocycles. The van der Waals surface area contributed by atoms with Crippen molar-refractivity contribution in [1.29, 1.82) is 5.41 Å². The van der Waals surface area contributed by atoms with Gasteiger partial charge < -0.3 is 5.32 Å². The fourth-order valence-electron chi connectivity index (χ4n) is 0.833. The molecule has 1 rings (SSSR count).